The number of hydrogen-bond donors (Lipinski definition) is 1. The van der Waals surface area contributed by atoms with Crippen LogP contribution in [0.2, 0.25) is 0 Å². The minimum absolute atomic E-state index is 0.590. The molecular weight excluding hydrogens is 264 g/mol. The van der Waals surface area contributed by atoms with E-state index in [-0.39, 0.29) is 0 Å². The van der Waals surface area contributed by atoms with E-state index in [0.717, 1.165) is 11.7 Å². The van der Waals surface area contributed by atoms with Crippen LogP contribution in [0, 0.1) is 0 Å². The van der Waals surface area contributed by atoms with Crippen molar-refractivity contribution in [3.63, 3.8) is 0 Å². The molecule has 0 radical (unpaired) electrons. The first-order chi connectivity index (χ1) is 9.84. The molecule has 0 unspecified atom stereocenters. The van der Waals surface area contributed by atoms with Crippen molar-refractivity contribution >= 4 is 23.0 Å². The maximum Gasteiger partial charge on any atom is 0.173 e. The second-order valence-corrected chi connectivity index (χ2v) is 6.41. The molecule has 108 valence electrons. The van der Waals surface area contributed by atoms with Gasteiger partial charge in [0, 0.05) is 18.3 Å². The van der Waals surface area contributed by atoms with E-state index >= 15 is 0 Å². The summed E-state index contributed by atoms with van der Waals surface area (Å²) in [6, 6.07) is 9.32. The van der Waals surface area contributed by atoms with Gasteiger partial charge in [0.25, 0.3) is 0 Å². The summed E-state index contributed by atoms with van der Waals surface area (Å²) in [6.45, 7) is 1.05. The van der Waals surface area contributed by atoms with Gasteiger partial charge in [-0.25, -0.2) is 0 Å². The van der Waals surface area contributed by atoms with Gasteiger partial charge in [0.1, 0.15) is 0 Å². The van der Waals surface area contributed by atoms with Crippen LogP contribution in [0.1, 0.15) is 50.5 Å². The Labute approximate surface area is 127 Å². The topological polar surface area (TPSA) is 15.3 Å². The lowest BCUT2D eigenvalue weighted by Crippen LogP contribution is -2.45. The van der Waals surface area contributed by atoms with Gasteiger partial charge in [0.2, 0.25) is 0 Å². The molecule has 0 spiro atoms. The smallest absolute Gasteiger partial charge is 0.173 e. The van der Waals surface area contributed by atoms with E-state index in [1.807, 2.05) is 0 Å². The molecule has 1 N–H and O–H groups in total. The molecule has 3 rings (SSSR count). The van der Waals surface area contributed by atoms with Crippen LogP contribution in [0.4, 0.5) is 5.69 Å². The molecule has 1 aliphatic heterocycles. The Morgan fingerprint density at radius 1 is 1.05 bits per heavy atom. The Hall–Kier alpha value is -1.09. The van der Waals surface area contributed by atoms with Gasteiger partial charge < -0.3 is 10.2 Å². The summed E-state index contributed by atoms with van der Waals surface area (Å²) >= 11 is 5.71. The van der Waals surface area contributed by atoms with Gasteiger partial charge in [0.15, 0.2) is 5.11 Å². The molecular formula is C17H24N2S. The number of aryl methyl sites for hydroxylation is 1. The molecule has 2 aliphatic rings. The normalized spacial score (nSPS) is 20.1. The number of anilines is 1. The second kappa shape index (κ2) is 6.57. The van der Waals surface area contributed by atoms with E-state index in [1.165, 1.54) is 62.6 Å². The third-order valence-corrected chi connectivity index (χ3v) is 4.88. The highest BCUT2D eigenvalue weighted by atomic mass is 32.1. The number of para-hydroxylation sites is 1. The number of hydrogen-bond acceptors (Lipinski definition) is 1. The van der Waals surface area contributed by atoms with Gasteiger partial charge in [-0.15, -0.1) is 0 Å². The largest absolute Gasteiger partial charge is 0.360 e. The second-order valence-electron chi connectivity index (χ2n) is 6.02. The van der Waals surface area contributed by atoms with Gasteiger partial charge in [-0.2, -0.15) is 0 Å². The highest BCUT2D eigenvalue weighted by molar-refractivity contribution is 7.80. The molecule has 3 heteroatoms. The first-order valence-corrected chi connectivity index (χ1v) is 8.41. The summed E-state index contributed by atoms with van der Waals surface area (Å²) in [5, 5.41) is 4.55. The Morgan fingerprint density at radius 2 is 1.85 bits per heavy atom. The Morgan fingerprint density at radius 3 is 2.70 bits per heavy atom. The Balaban J connectivity index is 1.73. The summed E-state index contributed by atoms with van der Waals surface area (Å²) < 4.78 is 0. The van der Waals surface area contributed by atoms with Crippen molar-refractivity contribution in [3.05, 3.63) is 29.8 Å². The van der Waals surface area contributed by atoms with E-state index in [1.54, 1.807) is 0 Å². The van der Waals surface area contributed by atoms with Crippen LogP contribution in [0.3, 0.4) is 0 Å². The summed E-state index contributed by atoms with van der Waals surface area (Å²) in [6.07, 6.45) is 10.3. The number of rotatable bonds is 1. The van der Waals surface area contributed by atoms with Gasteiger partial charge in [-0.3, -0.25) is 0 Å². The van der Waals surface area contributed by atoms with Crippen molar-refractivity contribution in [1.29, 1.82) is 0 Å². The highest BCUT2D eigenvalue weighted by Gasteiger charge is 2.21. The van der Waals surface area contributed by atoms with Crippen molar-refractivity contribution in [3.8, 4) is 0 Å². The number of nitrogens with one attached hydrogen (secondary N) is 1. The number of fused-ring (bicyclic) bond motifs is 1. The molecule has 20 heavy (non-hydrogen) atoms. The average Bonchev–Trinajstić information content (AvgIpc) is 2.70. The lowest BCUT2D eigenvalue weighted by atomic mass is 9.96. The minimum Gasteiger partial charge on any atom is -0.360 e. The third-order valence-electron chi connectivity index (χ3n) is 4.54. The molecule has 0 amide bonds. The van der Waals surface area contributed by atoms with E-state index in [0.29, 0.717) is 6.04 Å². The number of benzene rings is 1. The van der Waals surface area contributed by atoms with Crippen LogP contribution in [0.25, 0.3) is 0 Å². The summed E-state index contributed by atoms with van der Waals surface area (Å²) in [5.41, 5.74) is 2.76. The van der Waals surface area contributed by atoms with Gasteiger partial charge >= 0.3 is 0 Å². The zero-order valence-electron chi connectivity index (χ0n) is 12.1. The van der Waals surface area contributed by atoms with Gasteiger partial charge in [-0.1, -0.05) is 37.5 Å². The zero-order chi connectivity index (χ0) is 13.8. The van der Waals surface area contributed by atoms with Gasteiger partial charge in [0.05, 0.1) is 0 Å². The fraction of sp³-hybridized carbons (Fsp3) is 0.588. The van der Waals surface area contributed by atoms with Crippen molar-refractivity contribution in [2.75, 3.05) is 11.4 Å². The molecule has 1 aromatic rings. The molecule has 0 atom stereocenters. The van der Waals surface area contributed by atoms with E-state index < -0.39 is 0 Å². The molecule has 2 nitrogen and oxygen atoms in total. The standard InChI is InChI=1S/C17H24N2S/c20-17(18-15-10-2-1-3-11-15)19-13-7-6-9-14-8-4-5-12-16(14)19/h4-5,8,12,15H,1-3,6-7,9-11,13H2,(H,18,20). The quantitative estimate of drug-likeness (QED) is 0.785. The van der Waals surface area contributed by atoms with Crippen LogP contribution in [0.15, 0.2) is 24.3 Å². The van der Waals surface area contributed by atoms with Crippen LogP contribution in [0.5, 0.6) is 0 Å². The maximum atomic E-state index is 5.71. The van der Waals surface area contributed by atoms with Crippen LogP contribution < -0.4 is 10.2 Å². The molecule has 0 saturated heterocycles. The molecule has 1 heterocycles. The molecule has 1 aliphatic carbocycles. The fourth-order valence-electron chi connectivity index (χ4n) is 3.40. The SMILES string of the molecule is S=C(NC1CCCCC1)N1CCCCc2ccccc21. The Kier molecular flexibility index (Phi) is 4.56. The van der Waals surface area contributed by atoms with Crippen molar-refractivity contribution in [2.24, 2.45) is 0 Å². The summed E-state index contributed by atoms with van der Waals surface area (Å²) in [7, 11) is 0. The predicted octanol–water partition coefficient (Wildman–Crippen LogP) is 4.04. The first kappa shape index (κ1) is 13.9. The number of nitrogens with zero attached hydrogens (tertiary/aromatic N) is 1. The van der Waals surface area contributed by atoms with Crippen LogP contribution in [-0.2, 0) is 6.42 Å². The fourth-order valence-corrected chi connectivity index (χ4v) is 3.76. The maximum absolute atomic E-state index is 5.71. The molecule has 0 aromatic heterocycles. The monoisotopic (exact) mass is 288 g/mol. The predicted molar refractivity (Wildman–Crippen MR) is 89.3 cm³/mol. The lowest BCUT2D eigenvalue weighted by molar-refractivity contribution is 0.413. The van der Waals surface area contributed by atoms with Crippen molar-refractivity contribution < 1.29 is 0 Å². The van der Waals surface area contributed by atoms with E-state index in [9.17, 15) is 0 Å². The lowest BCUT2D eigenvalue weighted by Gasteiger charge is -2.31. The van der Waals surface area contributed by atoms with E-state index in [4.69, 9.17) is 12.2 Å². The van der Waals surface area contributed by atoms with Crippen LogP contribution >= 0.6 is 12.2 Å². The van der Waals surface area contributed by atoms with E-state index in [2.05, 4.69) is 34.5 Å². The average molecular weight is 288 g/mol. The zero-order valence-corrected chi connectivity index (χ0v) is 12.9. The molecule has 1 saturated carbocycles. The Bertz CT molecular complexity index is 466. The highest BCUT2D eigenvalue weighted by Crippen LogP contribution is 2.26. The molecule has 0 bridgehead atoms. The third kappa shape index (κ3) is 3.14. The van der Waals surface area contributed by atoms with Crippen molar-refractivity contribution in [1.82, 2.24) is 5.32 Å². The van der Waals surface area contributed by atoms with Crippen molar-refractivity contribution in [2.45, 2.75) is 57.4 Å². The van der Waals surface area contributed by atoms with Crippen LogP contribution in [-0.4, -0.2) is 17.7 Å². The summed E-state index contributed by atoms with van der Waals surface area (Å²) in [5.74, 6) is 0. The molecule has 1 fully saturated rings. The summed E-state index contributed by atoms with van der Waals surface area (Å²) in [4.78, 5) is 2.33. The first-order valence-electron chi connectivity index (χ1n) is 8.00. The minimum atomic E-state index is 0.590. The molecule has 1 aromatic carbocycles. The number of thiocarbonyl (C=S) groups is 1. The van der Waals surface area contributed by atoms with Gasteiger partial charge in [-0.05, 0) is 56.0 Å².